The van der Waals surface area contributed by atoms with Gasteiger partial charge in [0.25, 0.3) is 0 Å². The Balaban J connectivity index is 1.85. The smallest absolute Gasteiger partial charge is 0.240 e. The van der Waals surface area contributed by atoms with Crippen molar-refractivity contribution in [3.8, 4) is 5.75 Å². The van der Waals surface area contributed by atoms with Gasteiger partial charge in [0.1, 0.15) is 18.9 Å². The van der Waals surface area contributed by atoms with Crippen molar-refractivity contribution < 1.29 is 17.9 Å². The van der Waals surface area contributed by atoms with Gasteiger partial charge in [0, 0.05) is 3.57 Å². The minimum Gasteiger partial charge on any atom is -0.492 e. The lowest BCUT2D eigenvalue weighted by atomic mass is 9.87. The molecule has 0 aromatic heterocycles. The highest BCUT2D eigenvalue weighted by Gasteiger charge is 2.20. The summed E-state index contributed by atoms with van der Waals surface area (Å²) in [5.41, 5.74) is 1.75. The van der Waals surface area contributed by atoms with Gasteiger partial charge in [-0.2, -0.15) is 0 Å². The molecule has 0 spiro atoms. The van der Waals surface area contributed by atoms with Crippen LogP contribution >= 0.6 is 22.6 Å². The number of nitrogens with zero attached hydrogens (tertiary/aromatic N) is 1. The van der Waals surface area contributed by atoms with Crippen molar-refractivity contribution in [1.29, 1.82) is 0 Å². The number of nitrogens with one attached hydrogen (secondary N) is 1. The number of benzene rings is 2. The molecule has 0 atom stereocenters. The maximum atomic E-state index is 12.2. The van der Waals surface area contributed by atoms with Crippen molar-refractivity contribution in [3.63, 3.8) is 0 Å². The topological polar surface area (TPSA) is 75.7 Å². The lowest BCUT2D eigenvalue weighted by molar-refractivity contribution is -0.119. The lowest BCUT2D eigenvalue weighted by Gasteiger charge is -2.22. The van der Waals surface area contributed by atoms with Gasteiger partial charge < -0.3 is 10.1 Å². The van der Waals surface area contributed by atoms with Crippen molar-refractivity contribution in [3.05, 3.63) is 57.7 Å². The predicted octanol–water partition coefficient (Wildman–Crippen LogP) is 3.55. The average molecular weight is 530 g/mol. The third kappa shape index (κ3) is 7.50. The van der Waals surface area contributed by atoms with Crippen LogP contribution in [0.15, 0.2) is 48.5 Å². The third-order valence-electron chi connectivity index (χ3n) is 4.22. The second-order valence-electron chi connectivity index (χ2n) is 7.72. The van der Waals surface area contributed by atoms with E-state index in [1.165, 1.54) is 5.56 Å². The van der Waals surface area contributed by atoms with Crippen molar-refractivity contribution >= 4 is 44.2 Å². The molecule has 1 N–H and O–H groups in total. The van der Waals surface area contributed by atoms with Gasteiger partial charge in [0.15, 0.2) is 0 Å². The first kappa shape index (κ1) is 23.5. The minimum atomic E-state index is -3.58. The average Bonchev–Trinajstić information content (AvgIpc) is 2.63. The molecule has 0 aliphatic rings. The highest BCUT2D eigenvalue weighted by Crippen LogP contribution is 2.24. The molecule has 2 aromatic rings. The van der Waals surface area contributed by atoms with Gasteiger partial charge in [-0.15, -0.1) is 0 Å². The van der Waals surface area contributed by atoms with E-state index in [4.69, 9.17) is 4.74 Å². The SMILES string of the molecule is CC(C)(C)c1ccc(OCCNC(=O)CN(c2ccc(I)cc2)S(C)(=O)=O)cc1. The molecule has 0 fully saturated rings. The number of halogens is 1. The largest absolute Gasteiger partial charge is 0.492 e. The van der Waals surface area contributed by atoms with E-state index >= 15 is 0 Å². The summed E-state index contributed by atoms with van der Waals surface area (Å²) in [4.78, 5) is 12.2. The normalized spacial score (nSPS) is 11.8. The first-order valence-corrected chi connectivity index (χ1v) is 12.1. The fourth-order valence-corrected chi connectivity index (χ4v) is 3.82. The molecule has 0 radical (unpaired) electrons. The Hall–Kier alpha value is -1.81. The summed E-state index contributed by atoms with van der Waals surface area (Å²) in [6, 6.07) is 14.8. The molecule has 0 aliphatic carbocycles. The number of sulfonamides is 1. The molecule has 0 bridgehead atoms. The van der Waals surface area contributed by atoms with E-state index in [-0.39, 0.29) is 24.4 Å². The molecule has 8 heteroatoms. The van der Waals surface area contributed by atoms with E-state index in [1.807, 2.05) is 24.3 Å². The van der Waals surface area contributed by atoms with Crippen LogP contribution in [0.4, 0.5) is 5.69 Å². The highest BCUT2D eigenvalue weighted by atomic mass is 127. The molecule has 0 unspecified atom stereocenters. The molecule has 0 heterocycles. The van der Waals surface area contributed by atoms with E-state index < -0.39 is 10.0 Å². The quantitative estimate of drug-likeness (QED) is 0.419. The van der Waals surface area contributed by atoms with Crippen LogP contribution in [0.5, 0.6) is 5.75 Å². The van der Waals surface area contributed by atoms with Crippen LogP contribution in [-0.4, -0.2) is 40.3 Å². The van der Waals surface area contributed by atoms with E-state index in [0.29, 0.717) is 12.3 Å². The zero-order valence-electron chi connectivity index (χ0n) is 17.1. The van der Waals surface area contributed by atoms with Gasteiger partial charge in [0.2, 0.25) is 15.9 Å². The summed E-state index contributed by atoms with van der Waals surface area (Å²) in [5.74, 6) is 0.338. The fourth-order valence-electron chi connectivity index (χ4n) is 2.60. The molecule has 158 valence electrons. The number of carbonyl (C=O) groups excluding carboxylic acids is 1. The van der Waals surface area contributed by atoms with Crippen molar-refractivity contribution in [1.82, 2.24) is 5.32 Å². The van der Waals surface area contributed by atoms with E-state index in [1.54, 1.807) is 24.3 Å². The van der Waals surface area contributed by atoms with E-state index in [0.717, 1.165) is 19.9 Å². The Morgan fingerprint density at radius 1 is 1.07 bits per heavy atom. The van der Waals surface area contributed by atoms with Crippen molar-refractivity contribution in [2.75, 3.05) is 30.3 Å². The van der Waals surface area contributed by atoms with Gasteiger partial charge in [0.05, 0.1) is 18.5 Å². The number of anilines is 1. The first-order valence-electron chi connectivity index (χ1n) is 9.20. The summed E-state index contributed by atoms with van der Waals surface area (Å²) >= 11 is 2.14. The molecular weight excluding hydrogens is 503 g/mol. The number of amides is 1. The van der Waals surface area contributed by atoms with Crippen LogP contribution in [0.3, 0.4) is 0 Å². The van der Waals surface area contributed by atoms with Gasteiger partial charge in [-0.3, -0.25) is 9.10 Å². The Morgan fingerprint density at radius 3 is 2.17 bits per heavy atom. The number of hydrogen-bond acceptors (Lipinski definition) is 4. The van der Waals surface area contributed by atoms with Crippen LogP contribution in [0.2, 0.25) is 0 Å². The van der Waals surface area contributed by atoms with E-state index in [2.05, 4.69) is 48.7 Å². The van der Waals surface area contributed by atoms with Crippen LogP contribution in [0.25, 0.3) is 0 Å². The molecule has 0 saturated heterocycles. The zero-order chi connectivity index (χ0) is 21.7. The van der Waals surface area contributed by atoms with Crippen molar-refractivity contribution in [2.45, 2.75) is 26.2 Å². The molecule has 29 heavy (non-hydrogen) atoms. The van der Waals surface area contributed by atoms with Crippen LogP contribution in [-0.2, 0) is 20.2 Å². The molecule has 0 saturated carbocycles. The molecule has 0 aliphatic heterocycles. The maximum Gasteiger partial charge on any atom is 0.240 e. The summed E-state index contributed by atoms with van der Waals surface area (Å²) in [6.45, 7) is 6.74. The second-order valence-corrected chi connectivity index (χ2v) is 10.9. The van der Waals surface area contributed by atoms with Gasteiger partial charge in [-0.25, -0.2) is 8.42 Å². The van der Waals surface area contributed by atoms with Crippen LogP contribution in [0, 0.1) is 3.57 Å². The Kier molecular flexibility index (Phi) is 7.93. The fraction of sp³-hybridized carbons (Fsp3) is 0.381. The lowest BCUT2D eigenvalue weighted by Crippen LogP contribution is -2.41. The van der Waals surface area contributed by atoms with Gasteiger partial charge in [-0.1, -0.05) is 32.9 Å². The Morgan fingerprint density at radius 2 is 1.66 bits per heavy atom. The second kappa shape index (κ2) is 9.80. The molecule has 2 aromatic carbocycles. The number of rotatable bonds is 8. The number of hydrogen-bond donors (Lipinski definition) is 1. The molecule has 1 amide bonds. The zero-order valence-corrected chi connectivity index (χ0v) is 20.1. The minimum absolute atomic E-state index is 0.0784. The number of ether oxygens (including phenoxy) is 1. The number of carbonyl (C=O) groups is 1. The van der Waals surface area contributed by atoms with Crippen LogP contribution in [0.1, 0.15) is 26.3 Å². The highest BCUT2D eigenvalue weighted by molar-refractivity contribution is 14.1. The Labute approximate surface area is 186 Å². The Bertz CT molecular complexity index is 921. The molecular formula is C21H27IN2O4S. The summed E-state index contributed by atoms with van der Waals surface area (Å²) < 4.78 is 31.9. The van der Waals surface area contributed by atoms with Gasteiger partial charge in [-0.05, 0) is 70.0 Å². The van der Waals surface area contributed by atoms with Crippen LogP contribution < -0.4 is 14.4 Å². The first-order chi connectivity index (χ1) is 13.5. The monoisotopic (exact) mass is 530 g/mol. The summed E-state index contributed by atoms with van der Waals surface area (Å²) in [6.07, 6.45) is 1.09. The maximum absolute atomic E-state index is 12.2. The third-order valence-corrected chi connectivity index (χ3v) is 6.08. The molecule has 6 nitrogen and oxygen atoms in total. The van der Waals surface area contributed by atoms with Gasteiger partial charge >= 0.3 is 0 Å². The summed E-state index contributed by atoms with van der Waals surface area (Å²) in [7, 11) is -3.58. The standard InChI is InChI=1S/C21H27IN2O4S/c1-21(2,3)16-5-11-19(12-6-16)28-14-13-23-20(25)15-24(29(4,26)27)18-9-7-17(22)8-10-18/h5-12H,13-15H2,1-4H3,(H,23,25). The predicted molar refractivity (Wildman–Crippen MR) is 125 cm³/mol. The summed E-state index contributed by atoms with van der Waals surface area (Å²) in [5, 5.41) is 2.70. The molecule has 2 rings (SSSR count). The van der Waals surface area contributed by atoms with Crippen molar-refractivity contribution in [2.24, 2.45) is 0 Å². The van der Waals surface area contributed by atoms with E-state index in [9.17, 15) is 13.2 Å².